The Balaban J connectivity index is 1.77. The number of cyclic esters (lactones) is 1. The van der Waals surface area contributed by atoms with Crippen molar-refractivity contribution in [1.29, 1.82) is 0 Å². The second-order valence-electron chi connectivity index (χ2n) is 11.1. The number of carbonyl (C=O) groups excluding carboxylic acids is 2. The van der Waals surface area contributed by atoms with Gasteiger partial charge in [-0.2, -0.15) is 13.2 Å². The number of fused-ring (bicyclic) bond motifs is 3. The van der Waals surface area contributed by atoms with Gasteiger partial charge in [-0.15, -0.1) is 0 Å². The lowest BCUT2D eigenvalue weighted by molar-refractivity contribution is -0.150. The number of carboxylic acids is 1. The first-order valence-corrected chi connectivity index (χ1v) is 12.9. The van der Waals surface area contributed by atoms with Crippen LogP contribution in [-0.2, 0) is 26.9 Å². The van der Waals surface area contributed by atoms with E-state index >= 15 is 0 Å². The zero-order chi connectivity index (χ0) is 28.5. The molecule has 0 radical (unpaired) electrons. The van der Waals surface area contributed by atoms with Crippen molar-refractivity contribution < 1.29 is 42.1 Å². The number of carboxylic acid groups (broad SMARTS) is 1. The second kappa shape index (κ2) is 10.9. The van der Waals surface area contributed by atoms with E-state index in [1.165, 1.54) is 12.3 Å². The highest BCUT2D eigenvalue weighted by atomic mass is 19.4. The number of aromatic nitrogens is 1. The summed E-state index contributed by atoms with van der Waals surface area (Å²) in [6.07, 6.45) is -3.16. The molecule has 2 aliphatic rings. The zero-order valence-corrected chi connectivity index (χ0v) is 22.0. The third kappa shape index (κ3) is 6.36. The van der Waals surface area contributed by atoms with Crippen LogP contribution in [0, 0.1) is 5.41 Å². The van der Waals surface area contributed by atoms with Crippen LogP contribution in [0.4, 0.5) is 18.0 Å². The van der Waals surface area contributed by atoms with Gasteiger partial charge in [-0.1, -0.05) is 20.8 Å². The first-order chi connectivity index (χ1) is 18.3. The Bertz CT molecular complexity index is 1260. The van der Waals surface area contributed by atoms with Gasteiger partial charge >= 0.3 is 18.2 Å². The van der Waals surface area contributed by atoms with Crippen LogP contribution in [0.25, 0.3) is 10.8 Å². The molecular weight excluding hydrogens is 519 g/mol. The van der Waals surface area contributed by atoms with Gasteiger partial charge < -0.3 is 24.8 Å². The van der Waals surface area contributed by atoms with Gasteiger partial charge in [0.25, 0.3) is 0 Å². The summed E-state index contributed by atoms with van der Waals surface area (Å²) in [7, 11) is 0. The predicted octanol–water partition coefficient (Wildman–Crippen LogP) is 4.55. The van der Waals surface area contributed by atoms with Crippen molar-refractivity contribution in [2.45, 2.75) is 77.2 Å². The standard InChI is InChI=1S/C27H32F3N3O6/c1-26(2,3)21-23(34)33-14-16(13-20(33)24(35)36)39-22-18-11-15(7-5-4-6-10-38-25(37)32-21)12-19(27(28,29)30)17(18)8-9-31-22/h8-9,11-12,16,20-21H,4-7,10,13-14H2,1-3H3,(H,32,37)(H,35,36)/t16-,20+,21-/m1/s1. The van der Waals surface area contributed by atoms with Crippen LogP contribution in [0.3, 0.4) is 0 Å². The average Bonchev–Trinajstić information content (AvgIpc) is 3.26. The van der Waals surface area contributed by atoms with E-state index in [9.17, 15) is 32.7 Å². The summed E-state index contributed by atoms with van der Waals surface area (Å²) in [5, 5.41) is 12.6. The number of rotatable bonds is 1. The molecule has 12 heteroatoms. The lowest BCUT2D eigenvalue weighted by atomic mass is 9.85. The van der Waals surface area contributed by atoms with Crippen LogP contribution in [0.5, 0.6) is 5.88 Å². The number of ether oxygens (including phenoxy) is 2. The van der Waals surface area contributed by atoms with E-state index < -0.39 is 53.3 Å². The first-order valence-electron chi connectivity index (χ1n) is 12.9. The predicted molar refractivity (Wildman–Crippen MR) is 134 cm³/mol. The Labute approximate surface area is 223 Å². The van der Waals surface area contributed by atoms with Gasteiger partial charge in [0.2, 0.25) is 11.8 Å². The number of nitrogens with zero attached hydrogens (tertiary/aromatic N) is 2. The molecule has 1 fully saturated rings. The number of halogens is 3. The quantitative estimate of drug-likeness (QED) is 0.534. The van der Waals surface area contributed by atoms with E-state index in [-0.39, 0.29) is 36.2 Å². The smallest absolute Gasteiger partial charge is 0.417 e. The maximum absolute atomic E-state index is 14.0. The first kappa shape index (κ1) is 28.4. The minimum atomic E-state index is -4.61. The fraction of sp³-hybridized carbons (Fsp3) is 0.556. The topological polar surface area (TPSA) is 118 Å². The lowest BCUT2D eigenvalue weighted by Crippen LogP contribution is -2.57. The van der Waals surface area contributed by atoms with Crippen molar-refractivity contribution in [2.75, 3.05) is 13.2 Å². The summed E-state index contributed by atoms with van der Waals surface area (Å²) in [5.41, 5.74) is -1.14. The number of benzene rings is 1. The Hall–Kier alpha value is -3.57. The van der Waals surface area contributed by atoms with Crippen LogP contribution in [-0.4, -0.2) is 64.3 Å². The van der Waals surface area contributed by atoms with Gasteiger partial charge in [0.15, 0.2) is 0 Å². The van der Waals surface area contributed by atoms with Crippen molar-refractivity contribution in [3.63, 3.8) is 0 Å². The fourth-order valence-corrected chi connectivity index (χ4v) is 5.06. The monoisotopic (exact) mass is 551 g/mol. The molecule has 2 aromatic rings. The minimum absolute atomic E-state index is 0.0570. The molecule has 2 amide bonds. The number of hydrogen-bond donors (Lipinski definition) is 2. The maximum Gasteiger partial charge on any atom is 0.417 e. The third-order valence-corrected chi connectivity index (χ3v) is 7.04. The number of alkyl halides is 3. The summed E-state index contributed by atoms with van der Waals surface area (Å²) >= 11 is 0. The third-order valence-electron chi connectivity index (χ3n) is 7.04. The number of carbonyl (C=O) groups is 3. The van der Waals surface area contributed by atoms with Gasteiger partial charge in [-0.05, 0) is 54.9 Å². The van der Waals surface area contributed by atoms with E-state index in [4.69, 9.17) is 9.47 Å². The molecule has 0 saturated carbocycles. The van der Waals surface area contributed by atoms with Gasteiger partial charge in [-0.3, -0.25) is 4.79 Å². The van der Waals surface area contributed by atoms with Gasteiger partial charge in [0.05, 0.1) is 18.7 Å². The number of aliphatic carboxylic acids is 1. The van der Waals surface area contributed by atoms with E-state index in [1.54, 1.807) is 26.8 Å². The van der Waals surface area contributed by atoms with Crippen LogP contribution in [0.2, 0.25) is 0 Å². The molecular formula is C27H32F3N3O6. The Kier molecular flexibility index (Phi) is 7.94. The zero-order valence-electron chi connectivity index (χ0n) is 22.0. The maximum atomic E-state index is 14.0. The molecule has 3 atom stereocenters. The summed E-state index contributed by atoms with van der Waals surface area (Å²) in [6.45, 7) is 5.11. The molecule has 9 nitrogen and oxygen atoms in total. The molecule has 1 aromatic heterocycles. The van der Waals surface area contributed by atoms with E-state index in [0.29, 0.717) is 31.2 Å². The Morgan fingerprint density at radius 2 is 1.87 bits per heavy atom. The largest absolute Gasteiger partial charge is 0.480 e. The van der Waals surface area contributed by atoms with E-state index in [1.807, 2.05) is 0 Å². The molecule has 0 aliphatic carbocycles. The summed E-state index contributed by atoms with van der Waals surface area (Å²) in [6, 6.07) is 1.67. The highest BCUT2D eigenvalue weighted by Crippen LogP contribution is 2.39. The fourth-order valence-electron chi connectivity index (χ4n) is 5.06. The van der Waals surface area contributed by atoms with Crippen LogP contribution in [0.1, 0.15) is 57.6 Å². The number of aryl methyl sites for hydroxylation is 1. The van der Waals surface area contributed by atoms with E-state index in [0.717, 1.165) is 11.0 Å². The summed E-state index contributed by atoms with van der Waals surface area (Å²) in [5.74, 6) is -1.94. The Morgan fingerprint density at radius 1 is 1.13 bits per heavy atom. The number of hydrogen-bond acceptors (Lipinski definition) is 6. The molecule has 39 heavy (non-hydrogen) atoms. The number of pyridine rings is 1. The highest BCUT2D eigenvalue weighted by molar-refractivity contribution is 5.92. The van der Waals surface area contributed by atoms with Crippen molar-refractivity contribution in [2.24, 2.45) is 5.41 Å². The molecule has 212 valence electrons. The SMILES string of the molecule is CC(C)(C)[C@@H]1NC(=O)OCCCCCc2cc(C(F)(F)F)c3ccnc(c3c2)O[C@@H]2C[C@@H](C(=O)O)N(C2)C1=O. The molecule has 3 heterocycles. The molecule has 4 rings (SSSR count). The average molecular weight is 552 g/mol. The van der Waals surface area contributed by atoms with Gasteiger partial charge in [0.1, 0.15) is 18.2 Å². The lowest BCUT2D eigenvalue weighted by Gasteiger charge is -2.34. The molecule has 2 N–H and O–H groups in total. The number of amides is 2. The molecule has 0 spiro atoms. The van der Waals surface area contributed by atoms with Crippen molar-refractivity contribution in [3.05, 3.63) is 35.5 Å². The van der Waals surface area contributed by atoms with Crippen molar-refractivity contribution in [1.82, 2.24) is 15.2 Å². The van der Waals surface area contributed by atoms with E-state index in [2.05, 4.69) is 10.3 Å². The van der Waals surface area contributed by atoms with Crippen molar-refractivity contribution >= 4 is 28.7 Å². The molecule has 1 saturated heterocycles. The molecule has 2 aliphatic heterocycles. The summed E-state index contributed by atoms with van der Waals surface area (Å²) < 4.78 is 53.2. The number of nitrogens with one attached hydrogen (secondary N) is 1. The normalized spacial score (nSPS) is 23.5. The van der Waals surface area contributed by atoms with Crippen molar-refractivity contribution in [3.8, 4) is 5.88 Å². The number of alkyl carbamates (subject to hydrolysis) is 1. The van der Waals surface area contributed by atoms with Crippen LogP contribution < -0.4 is 10.1 Å². The van der Waals surface area contributed by atoms with Gasteiger partial charge in [0, 0.05) is 23.4 Å². The second-order valence-corrected chi connectivity index (χ2v) is 11.1. The summed E-state index contributed by atoms with van der Waals surface area (Å²) in [4.78, 5) is 43.5. The molecule has 1 aromatic carbocycles. The van der Waals surface area contributed by atoms with Crippen LogP contribution >= 0.6 is 0 Å². The Morgan fingerprint density at radius 3 is 2.54 bits per heavy atom. The highest BCUT2D eigenvalue weighted by Gasteiger charge is 2.46. The van der Waals surface area contributed by atoms with Crippen LogP contribution in [0.15, 0.2) is 24.4 Å². The molecule has 0 unspecified atom stereocenters. The minimum Gasteiger partial charge on any atom is -0.480 e. The van der Waals surface area contributed by atoms with Gasteiger partial charge in [-0.25, -0.2) is 14.6 Å². The molecule has 4 bridgehead atoms.